The SMILES string of the molecule is CC(Nc1cc(Oc2ccc(C(F)(F)F)cn2)ccc1[N+](=O)[O-])C(C)(C)O. The van der Waals surface area contributed by atoms with E-state index in [1.54, 1.807) is 20.8 Å². The molecule has 27 heavy (non-hydrogen) atoms. The molecule has 1 aromatic heterocycles. The minimum absolute atomic E-state index is 0.0963. The van der Waals surface area contributed by atoms with Gasteiger partial charge in [0.25, 0.3) is 5.69 Å². The van der Waals surface area contributed by atoms with Crippen LogP contribution < -0.4 is 10.1 Å². The number of rotatable bonds is 6. The zero-order valence-electron chi connectivity index (χ0n) is 14.7. The molecule has 0 amide bonds. The highest BCUT2D eigenvalue weighted by atomic mass is 19.4. The number of alkyl halides is 3. The number of anilines is 1. The van der Waals surface area contributed by atoms with Crippen molar-refractivity contribution in [1.29, 1.82) is 0 Å². The summed E-state index contributed by atoms with van der Waals surface area (Å²) < 4.78 is 43.1. The number of nitro benzene ring substituents is 1. The summed E-state index contributed by atoms with van der Waals surface area (Å²) in [4.78, 5) is 14.2. The summed E-state index contributed by atoms with van der Waals surface area (Å²) in [7, 11) is 0. The lowest BCUT2D eigenvalue weighted by atomic mass is 10.0. The molecule has 0 aliphatic heterocycles. The van der Waals surface area contributed by atoms with Gasteiger partial charge in [-0.05, 0) is 32.9 Å². The van der Waals surface area contributed by atoms with Gasteiger partial charge in [-0.1, -0.05) is 0 Å². The summed E-state index contributed by atoms with van der Waals surface area (Å²) in [5.41, 5.74) is -2.21. The molecule has 7 nitrogen and oxygen atoms in total. The van der Waals surface area contributed by atoms with Gasteiger partial charge in [0.05, 0.1) is 22.1 Å². The average molecular weight is 385 g/mol. The van der Waals surface area contributed by atoms with Crippen LogP contribution in [0, 0.1) is 10.1 Å². The number of pyridine rings is 1. The molecule has 1 aromatic carbocycles. The first-order valence-electron chi connectivity index (χ1n) is 7.86. The number of hydrogen-bond donors (Lipinski definition) is 2. The number of nitro groups is 1. The lowest BCUT2D eigenvalue weighted by Gasteiger charge is -2.27. The highest BCUT2D eigenvalue weighted by Gasteiger charge is 2.31. The second-order valence-electron chi connectivity index (χ2n) is 6.44. The van der Waals surface area contributed by atoms with Crippen molar-refractivity contribution >= 4 is 11.4 Å². The number of aliphatic hydroxyl groups is 1. The predicted molar refractivity (Wildman–Crippen MR) is 91.8 cm³/mol. The minimum atomic E-state index is -4.51. The Kier molecular flexibility index (Phi) is 5.59. The third kappa shape index (κ3) is 5.30. The van der Waals surface area contributed by atoms with E-state index in [2.05, 4.69) is 10.3 Å². The van der Waals surface area contributed by atoms with Crippen LogP contribution in [0.2, 0.25) is 0 Å². The van der Waals surface area contributed by atoms with Gasteiger partial charge in [0.1, 0.15) is 11.4 Å². The van der Waals surface area contributed by atoms with Crippen molar-refractivity contribution in [2.45, 2.75) is 38.6 Å². The molecule has 1 unspecified atom stereocenters. The summed E-state index contributed by atoms with van der Waals surface area (Å²) in [6, 6.07) is 5.16. The first-order chi connectivity index (χ1) is 12.4. The van der Waals surface area contributed by atoms with E-state index < -0.39 is 28.3 Å². The molecule has 0 saturated carbocycles. The molecule has 0 spiro atoms. The number of nitrogens with zero attached hydrogens (tertiary/aromatic N) is 2. The first kappa shape index (κ1) is 20.4. The fraction of sp³-hybridized carbons (Fsp3) is 0.353. The van der Waals surface area contributed by atoms with Crippen molar-refractivity contribution < 1.29 is 27.9 Å². The maximum atomic E-state index is 12.6. The lowest BCUT2D eigenvalue weighted by molar-refractivity contribution is -0.384. The standard InChI is InChI=1S/C17H18F3N3O4/c1-10(16(2,3)24)22-13-8-12(5-6-14(13)23(25)26)27-15-7-4-11(9-21-15)17(18,19)20/h4-10,22,24H,1-3H3. The topological polar surface area (TPSA) is 97.5 Å². The van der Waals surface area contributed by atoms with Crippen molar-refractivity contribution in [3.05, 3.63) is 52.2 Å². The van der Waals surface area contributed by atoms with E-state index in [-0.39, 0.29) is 23.0 Å². The van der Waals surface area contributed by atoms with Crippen molar-refractivity contribution in [3.63, 3.8) is 0 Å². The van der Waals surface area contributed by atoms with Crippen molar-refractivity contribution in [1.82, 2.24) is 4.98 Å². The first-order valence-corrected chi connectivity index (χ1v) is 7.86. The molecule has 0 saturated heterocycles. The molecule has 0 aliphatic carbocycles. The molecule has 146 valence electrons. The monoisotopic (exact) mass is 385 g/mol. The summed E-state index contributed by atoms with van der Waals surface area (Å²) in [6.07, 6.45) is -3.88. The lowest BCUT2D eigenvalue weighted by Crippen LogP contribution is -2.39. The van der Waals surface area contributed by atoms with E-state index in [1.807, 2.05) is 0 Å². The smallest absolute Gasteiger partial charge is 0.417 e. The molecule has 10 heteroatoms. The molecule has 2 aromatic rings. The van der Waals surface area contributed by atoms with Crippen LogP contribution in [0.1, 0.15) is 26.3 Å². The number of hydrogen-bond acceptors (Lipinski definition) is 6. The highest BCUT2D eigenvalue weighted by Crippen LogP contribution is 2.33. The van der Waals surface area contributed by atoms with E-state index in [1.165, 1.54) is 18.2 Å². The normalized spacial score (nSPS) is 13.1. The Bertz CT molecular complexity index is 818. The van der Waals surface area contributed by atoms with Crippen LogP contribution in [0.3, 0.4) is 0 Å². The van der Waals surface area contributed by atoms with E-state index in [0.717, 1.165) is 12.1 Å². The van der Waals surface area contributed by atoms with Gasteiger partial charge < -0.3 is 15.2 Å². The van der Waals surface area contributed by atoms with E-state index in [0.29, 0.717) is 6.20 Å². The summed E-state index contributed by atoms with van der Waals surface area (Å²) in [6.45, 7) is 4.74. The van der Waals surface area contributed by atoms with E-state index in [9.17, 15) is 28.4 Å². The van der Waals surface area contributed by atoms with Crippen LogP contribution in [-0.4, -0.2) is 26.7 Å². The van der Waals surface area contributed by atoms with Crippen molar-refractivity contribution in [2.75, 3.05) is 5.32 Å². The summed E-state index contributed by atoms with van der Waals surface area (Å²) in [5, 5.41) is 24.1. The third-order valence-electron chi connectivity index (χ3n) is 3.88. The largest absolute Gasteiger partial charge is 0.439 e. The van der Waals surface area contributed by atoms with Gasteiger partial charge in [-0.15, -0.1) is 0 Å². The molecule has 1 heterocycles. The fourth-order valence-corrected chi connectivity index (χ4v) is 1.99. The third-order valence-corrected chi connectivity index (χ3v) is 3.88. The summed E-state index contributed by atoms with van der Waals surface area (Å²) >= 11 is 0. The molecular weight excluding hydrogens is 367 g/mol. The maximum Gasteiger partial charge on any atom is 0.417 e. The predicted octanol–water partition coefficient (Wildman–Crippen LogP) is 4.37. The Morgan fingerprint density at radius 2 is 1.93 bits per heavy atom. The number of benzene rings is 1. The van der Waals surface area contributed by atoms with E-state index >= 15 is 0 Å². The van der Waals surface area contributed by atoms with Crippen LogP contribution in [0.15, 0.2) is 36.5 Å². The van der Waals surface area contributed by atoms with Crippen molar-refractivity contribution in [3.8, 4) is 11.6 Å². The van der Waals surface area contributed by atoms with Gasteiger partial charge in [0.2, 0.25) is 5.88 Å². The molecule has 2 rings (SSSR count). The molecule has 0 bridgehead atoms. The zero-order valence-corrected chi connectivity index (χ0v) is 14.7. The fourth-order valence-electron chi connectivity index (χ4n) is 1.99. The van der Waals surface area contributed by atoms with Gasteiger partial charge in [0, 0.05) is 24.4 Å². The Labute approximate surface area is 153 Å². The van der Waals surface area contributed by atoms with Gasteiger partial charge in [-0.2, -0.15) is 13.2 Å². The second-order valence-corrected chi connectivity index (χ2v) is 6.44. The number of ether oxygens (including phenoxy) is 1. The van der Waals surface area contributed by atoms with Crippen LogP contribution in [0.5, 0.6) is 11.6 Å². The van der Waals surface area contributed by atoms with Gasteiger partial charge in [-0.25, -0.2) is 4.98 Å². The molecule has 0 fully saturated rings. The Morgan fingerprint density at radius 1 is 1.26 bits per heavy atom. The van der Waals surface area contributed by atoms with E-state index in [4.69, 9.17) is 4.74 Å². The van der Waals surface area contributed by atoms with Gasteiger partial charge >= 0.3 is 6.18 Å². The Hall–Kier alpha value is -2.88. The molecular formula is C17H18F3N3O4. The van der Waals surface area contributed by atoms with Crippen LogP contribution in [0.4, 0.5) is 24.5 Å². The van der Waals surface area contributed by atoms with Crippen LogP contribution in [-0.2, 0) is 6.18 Å². The van der Waals surface area contributed by atoms with Crippen LogP contribution >= 0.6 is 0 Å². The van der Waals surface area contributed by atoms with Gasteiger partial charge in [0.15, 0.2) is 0 Å². The van der Waals surface area contributed by atoms with Crippen molar-refractivity contribution in [2.24, 2.45) is 0 Å². The molecule has 1 atom stereocenters. The Balaban J connectivity index is 2.27. The molecule has 0 radical (unpaired) electrons. The second kappa shape index (κ2) is 7.39. The molecule has 2 N–H and O–H groups in total. The van der Waals surface area contributed by atoms with Crippen LogP contribution in [0.25, 0.3) is 0 Å². The highest BCUT2D eigenvalue weighted by molar-refractivity contribution is 5.65. The zero-order chi connectivity index (χ0) is 20.4. The summed E-state index contributed by atoms with van der Waals surface area (Å²) in [5.74, 6) is 0.0386. The number of aromatic nitrogens is 1. The number of nitrogens with one attached hydrogen (secondary N) is 1. The molecule has 0 aliphatic rings. The quantitative estimate of drug-likeness (QED) is 0.566. The Morgan fingerprint density at radius 3 is 2.41 bits per heavy atom. The van der Waals surface area contributed by atoms with Gasteiger partial charge in [-0.3, -0.25) is 10.1 Å². The maximum absolute atomic E-state index is 12.6. The number of halogens is 3. The average Bonchev–Trinajstić information content (AvgIpc) is 2.53. The minimum Gasteiger partial charge on any atom is -0.439 e.